The van der Waals surface area contributed by atoms with Crippen molar-refractivity contribution in [3.63, 3.8) is 0 Å². The quantitative estimate of drug-likeness (QED) is 0.805. The summed E-state index contributed by atoms with van der Waals surface area (Å²) in [5.41, 5.74) is 2.13. The Kier molecular flexibility index (Phi) is 4.55. The molecular weight excluding hydrogens is 372 g/mol. The van der Waals surface area contributed by atoms with E-state index in [0.717, 1.165) is 11.8 Å². The van der Waals surface area contributed by atoms with Gasteiger partial charge in [0.2, 0.25) is 0 Å². The predicted molar refractivity (Wildman–Crippen MR) is 101 cm³/mol. The molecule has 0 unspecified atom stereocenters. The van der Waals surface area contributed by atoms with Crippen molar-refractivity contribution in [2.24, 2.45) is 0 Å². The van der Waals surface area contributed by atoms with Crippen molar-refractivity contribution in [3.8, 4) is 0 Å². The zero-order chi connectivity index (χ0) is 19.2. The van der Waals surface area contributed by atoms with Crippen LogP contribution >= 0.6 is 0 Å². The number of para-hydroxylation sites is 2. The summed E-state index contributed by atoms with van der Waals surface area (Å²) in [5, 5.41) is 0. The van der Waals surface area contributed by atoms with Crippen LogP contribution in [-0.2, 0) is 16.8 Å². The Balaban J connectivity index is 1.47. The first-order valence-corrected chi connectivity index (χ1v) is 10.3. The summed E-state index contributed by atoms with van der Waals surface area (Å²) in [6, 6.07) is 11.2. The lowest BCUT2D eigenvalue weighted by Gasteiger charge is -2.36. The van der Waals surface area contributed by atoms with Gasteiger partial charge < -0.3 is 0 Å². The maximum Gasteiger partial charge on any atom is 0.326 e. The highest BCUT2D eigenvalue weighted by Crippen LogP contribution is 2.42. The molecule has 1 saturated heterocycles. The highest BCUT2D eigenvalue weighted by atomic mass is 32.2. The van der Waals surface area contributed by atoms with Crippen molar-refractivity contribution in [1.82, 2.24) is 4.90 Å². The smallest absolute Gasteiger partial charge is 0.299 e. The van der Waals surface area contributed by atoms with Crippen molar-refractivity contribution in [1.29, 1.82) is 0 Å². The number of fused-ring (bicyclic) bond motifs is 1. The Morgan fingerprint density at radius 1 is 1.00 bits per heavy atom. The van der Waals surface area contributed by atoms with Crippen molar-refractivity contribution in [2.75, 3.05) is 28.7 Å². The van der Waals surface area contributed by atoms with E-state index in [-0.39, 0.29) is 6.04 Å². The monoisotopic (exact) mass is 393 g/mol. The number of piperidine rings is 1. The van der Waals surface area contributed by atoms with Gasteiger partial charge in [-0.1, -0.05) is 18.2 Å². The Hall–Kier alpha value is -2.19. The minimum atomic E-state index is -3.55. The fraction of sp³-hybridized carbons (Fsp3) is 0.368. The number of benzene rings is 2. The molecule has 2 aliphatic heterocycles. The van der Waals surface area contributed by atoms with E-state index in [9.17, 15) is 17.2 Å². The van der Waals surface area contributed by atoms with Gasteiger partial charge in [0.05, 0.1) is 11.4 Å². The van der Waals surface area contributed by atoms with Crippen LogP contribution in [0.4, 0.5) is 20.2 Å². The fourth-order valence-corrected chi connectivity index (χ4v) is 5.55. The Labute approximate surface area is 158 Å². The lowest BCUT2D eigenvalue weighted by atomic mass is 10.0. The van der Waals surface area contributed by atoms with Crippen LogP contribution in [0.3, 0.4) is 0 Å². The van der Waals surface area contributed by atoms with Crippen molar-refractivity contribution < 1.29 is 17.2 Å². The SMILES string of the molecule is CN1c2ccccc2N(C2CCN(Cc3ccc(F)c(F)c3)CC2)S1(=O)=O. The van der Waals surface area contributed by atoms with Crippen molar-refractivity contribution in [2.45, 2.75) is 25.4 Å². The Morgan fingerprint density at radius 2 is 1.67 bits per heavy atom. The first kappa shape index (κ1) is 18.2. The zero-order valence-electron chi connectivity index (χ0n) is 15.0. The number of rotatable bonds is 3. The van der Waals surface area contributed by atoms with Crippen molar-refractivity contribution >= 4 is 21.6 Å². The topological polar surface area (TPSA) is 43.9 Å². The molecule has 0 saturated carbocycles. The summed E-state index contributed by atoms with van der Waals surface area (Å²) in [6.45, 7) is 1.91. The Morgan fingerprint density at radius 3 is 2.33 bits per heavy atom. The van der Waals surface area contributed by atoms with Gasteiger partial charge in [-0.15, -0.1) is 0 Å². The van der Waals surface area contributed by atoms with E-state index in [0.29, 0.717) is 43.7 Å². The predicted octanol–water partition coefficient (Wildman–Crippen LogP) is 3.13. The summed E-state index contributed by atoms with van der Waals surface area (Å²) in [7, 11) is -1.98. The van der Waals surface area contributed by atoms with Crippen LogP contribution in [0, 0.1) is 11.6 Å². The molecule has 2 aromatic rings. The number of likely N-dealkylation sites (tertiary alicyclic amines) is 1. The van der Waals surface area contributed by atoms with E-state index in [1.54, 1.807) is 13.1 Å². The molecule has 0 atom stereocenters. The van der Waals surface area contributed by atoms with Crippen LogP contribution in [0.2, 0.25) is 0 Å². The molecule has 4 rings (SSSR count). The third-order valence-corrected chi connectivity index (χ3v) is 7.21. The maximum atomic E-state index is 13.4. The molecule has 144 valence electrons. The lowest BCUT2D eigenvalue weighted by Crippen LogP contribution is -2.48. The molecule has 2 heterocycles. The van der Waals surface area contributed by atoms with Gasteiger partial charge in [0, 0.05) is 32.7 Å². The molecule has 0 radical (unpaired) electrons. The van der Waals surface area contributed by atoms with Crippen LogP contribution < -0.4 is 8.61 Å². The second-order valence-corrected chi connectivity index (χ2v) is 8.85. The molecule has 8 heteroatoms. The first-order chi connectivity index (χ1) is 12.9. The number of hydrogen-bond acceptors (Lipinski definition) is 3. The van der Waals surface area contributed by atoms with Crippen molar-refractivity contribution in [3.05, 3.63) is 59.7 Å². The first-order valence-electron chi connectivity index (χ1n) is 8.91. The van der Waals surface area contributed by atoms with Crippen LogP contribution in [-0.4, -0.2) is 39.5 Å². The summed E-state index contributed by atoms with van der Waals surface area (Å²) in [4.78, 5) is 2.14. The van der Waals surface area contributed by atoms with E-state index in [1.807, 2.05) is 24.3 Å². The molecule has 0 aliphatic carbocycles. The largest absolute Gasteiger partial charge is 0.326 e. The molecule has 0 bridgehead atoms. The average Bonchev–Trinajstić information content (AvgIpc) is 2.86. The third-order valence-electron chi connectivity index (χ3n) is 5.33. The van der Waals surface area contributed by atoms with E-state index in [1.165, 1.54) is 14.7 Å². The molecule has 2 aromatic carbocycles. The molecular formula is C19H21F2N3O2S. The molecule has 0 aromatic heterocycles. The number of halogens is 2. The second-order valence-electron chi connectivity index (χ2n) is 7.02. The zero-order valence-corrected chi connectivity index (χ0v) is 15.8. The van der Waals surface area contributed by atoms with Gasteiger partial charge in [-0.3, -0.25) is 9.21 Å². The van der Waals surface area contributed by atoms with Gasteiger partial charge >= 0.3 is 10.2 Å². The van der Waals surface area contributed by atoms with E-state index < -0.39 is 21.8 Å². The van der Waals surface area contributed by atoms with E-state index in [2.05, 4.69) is 4.90 Å². The van der Waals surface area contributed by atoms with Crippen LogP contribution in [0.1, 0.15) is 18.4 Å². The summed E-state index contributed by atoms with van der Waals surface area (Å²) in [6.07, 6.45) is 1.37. The van der Waals surface area contributed by atoms with Gasteiger partial charge in [-0.2, -0.15) is 8.42 Å². The molecule has 0 spiro atoms. The maximum absolute atomic E-state index is 13.4. The third kappa shape index (κ3) is 3.17. The summed E-state index contributed by atoms with van der Waals surface area (Å²) >= 11 is 0. The number of anilines is 2. The highest BCUT2D eigenvalue weighted by molar-refractivity contribution is 7.94. The number of hydrogen-bond donors (Lipinski definition) is 0. The molecule has 0 amide bonds. The van der Waals surface area contributed by atoms with Gasteiger partial charge in [0.1, 0.15) is 0 Å². The van der Waals surface area contributed by atoms with Crippen LogP contribution in [0.25, 0.3) is 0 Å². The van der Waals surface area contributed by atoms with Gasteiger partial charge in [-0.25, -0.2) is 13.1 Å². The molecule has 0 N–H and O–H groups in total. The summed E-state index contributed by atoms with van der Waals surface area (Å²) < 4.78 is 55.0. The minimum Gasteiger partial charge on any atom is -0.299 e. The van der Waals surface area contributed by atoms with Gasteiger partial charge in [0.25, 0.3) is 0 Å². The lowest BCUT2D eigenvalue weighted by molar-refractivity contribution is 0.206. The van der Waals surface area contributed by atoms with Crippen LogP contribution in [0.15, 0.2) is 42.5 Å². The van der Waals surface area contributed by atoms with Gasteiger partial charge in [0.15, 0.2) is 11.6 Å². The van der Waals surface area contributed by atoms with E-state index >= 15 is 0 Å². The Bertz CT molecular complexity index is 959. The second kappa shape index (κ2) is 6.76. The minimum absolute atomic E-state index is 0.109. The van der Waals surface area contributed by atoms with Crippen LogP contribution in [0.5, 0.6) is 0 Å². The average molecular weight is 393 g/mol. The number of nitrogens with zero attached hydrogens (tertiary/aromatic N) is 3. The normalized spacial score (nSPS) is 20.1. The van der Waals surface area contributed by atoms with Gasteiger partial charge in [-0.05, 0) is 42.7 Å². The molecule has 27 heavy (non-hydrogen) atoms. The molecule has 1 fully saturated rings. The highest BCUT2D eigenvalue weighted by Gasteiger charge is 2.42. The van der Waals surface area contributed by atoms with E-state index in [4.69, 9.17) is 0 Å². The standard InChI is InChI=1S/C19H21F2N3O2S/c1-22-18-4-2-3-5-19(18)24(27(22,25)26)15-8-10-23(11-9-15)13-14-6-7-16(20)17(21)12-14/h2-7,12,15H,8-11,13H2,1H3. The fourth-order valence-electron chi connectivity index (χ4n) is 3.89. The molecule has 5 nitrogen and oxygen atoms in total. The summed E-state index contributed by atoms with van der Waals surface area (Å²) in [5.74, 6) is -1.69. The molecule has 2 aliphatic rings.